The average molecular weight is 213 g/mol. The van der Waals surface area contributed by atoms with Gasteiger partial charge in [-0.3, -0.25) is 0 Å². The van der Waals surface area contributed by atoms with Gasteiger partial charge in [0.1, 0.15) is 5.82 Å². The molecule has 1 rings (SSSR count). The van der Waals surface area contributed by atoms with Crippen molar-refractivity contribution in [3.05, 3.63) is 18.1 Å². The second-order valence-electron chi connectivity index (χ2n) is 3.44. The third-order valence-corrected chi connectivity index (χ3v) is 1.71. The van der Waals surface area contributed by atoms with Gasteiger partial charge in [-0.1, -0.05) is 0 Å². The number of nitrogens with one attached hydrogen (secondary N) is 1. The van der Waals surface area contributed by atoms with Gasteiger partial charge in [0.25, 0.3) is 0 Å². The minimum Gasteiger partial charge on any atom is -0.379 e. The average Bonchev–Trinajstić information content (AvgIpc) is 2.20. The fourth-order valence-corrected chi connectivity index (χ4v) is 1.02. The summed E-state index contributed by atoms with van der Waals surface area (Å²) in [6, 6.07) is 2.84. The highest BCUT2D eigenvalue weighted by molar-refractivity contribution is 5.31. The van der Waals surface area contributed by atoms with Gasteiger partial charge >= 0.3 is 0 Å². The minimum absolute atomic E-state index is 0.260. The molecule has 15 heavy (non-hydrogen) atoms. The molecule has 0 saturated heterocycles. The van der Waals surface area contributed by atoms with E-state index in [4.69, 9.17) is 4.74 Å². The van der Waals surface area contributed by atoms with Crippen molar-refractivity contribution in [2.75, 3.05) is 18.5 Å². The molecule has 1 N–H and O–H groups in total. The summed E-state index contributed by atoms with van der Waals surface area (Å²) < 4.78 is 17.8. The van der Waals surface area contributed by atoms with E-state index in [1.807, 2.05) is 13.8 Å². The Balaban J connectivity index is 2.12. The van der Waals surface area contributed by atoms with Gasteiger partial charge in [-0.25, -0.2) is 0 Å². The highest BCUT2D eigenvalue weighted by atomic mass is 19.1. The number of nitrogens with zero attached hydrogens (tertiary/aromatic N) is 2. The zero-order valence-electron chi connectivity index (χ0n) is 9.03. The van der Waals surface area contributed by atoms with E-state index in [0.29, 0.717) is 12.4 Å². The molecule has 0 unspecified atom stereocenters. The van der Waals surface area contributed by atoms with Crippen LogP contribution in [0, 0.1) is 5.95 Å². The molecule has 5 heteroatoms. The van der Waals surface area contributed by atoms with Crippen LogP contribution < -0.4 is 5.32 Å². The van der Waals surface area contributed by atoms with Crippen molar-refractivity contribution in [1.29, 1.82) is 0 Å². The van der Waals surface area contributed by atoms with Crippen LogP contribution in [-0.2, 0) is 4.74 Å². The van der Waals surface area contributed by atoms with Crippen molar-refractivity contribution < 1.29 is 9.13 Å². The predicted octanol–water partition coefficient (Wildman–Crippen LogP) is 1.84. The fraction of sp³-hybridized carbons (Fsp3) is 0.600. The largest absolute Gasteiger partial charge is 0.379 e. The van der Waals surface area contributed by atoms with Gasteiger partial charge in [-0.15, -0.1) is 10.2 Å². The minimum atomic E-state index is -0.566. The Hall–Kier alpha value is -1.23. The number of halogens is 1. The maximum atomic E-state index is 12.4. The van der Waals surface area contributed by atoms with Crippen LogP contribution in [0.5, 0.6) is 0 Å². The molecule has 0 aromatic carbocycles. The summed E-state index contributed by atoms with van der Waals surface area (Å²) in [4.78, 5) is 0. The van der Waals surface area contributed by atoms with Crippen LogP contribution in [0.4, 0.5) is 10.2 Å². The smallest absolute Gasteiger partial charge is 0.233 e. The summed E-state index contributed by atoms with van der Waals surface area (Å²) in [5.41, 5.74) is 0. The van der Waals surface area contributed by atoms with Crippen molar-refractivity contribution in [3.63, 3.8) is 0 Å². The van der Waals surface area contributed by atoms with Gasteiger partial charge in [-0.05, 0) is 32.4 Å². The zero-order chi connectivity index (χ0) is 11.1. The Kier molecular flexibility index (Phi) is 4.97. The van der Waals surface area contributed by atoms with Crippen LogP contribution in [0.3, 0.4) is 0 Å². The molecule has 0 saturated carbocycles. The number of ether oxygens (including phenoxy) is 1. The number of anilines is 1. The van der Waals surface area contributed by atoms with E-state index in [2.05, 4.69) is 15.5 Å². The summed E-state index contributed by atoms with van der Waals surface area (Å²) in [5, 5.41) is 9.96. The SMILES string of the molecule is CC(C)OCCCNc1ccc(F)nn1. The van der Waals surface area contributed by atoms with E-state index < -0.39 is 5.95 Å². The second kappa shape index (κ2) is 6.29. The van der Waals surface area contributed by atoms with E-state index in [0.717, 1.165) is 13.0 Å². The van der Waals surface area contributed by atoms with Crippen molar-refractivity contribution in [2.45, 2.75) is 26.4 Å². The third-order valence-electron chi connectivity index (χ3n) is 1.71. The molecule has 1 aromatic rings. The van der Waals surface area contributed by atoms with Gasteiger partial charge < -0.3 is 10.1 Å². The van der Waals surface area contributed by atoms with Crippen LogP contribution in [0.1, 0.15) is 20.3 Å². The van der Waals surface area contributed by atoms with Crippen molar-refractivity contribution in [2.24, 2.45) is 0 Å². The fourth-order valence-electron chi connectivity index (χ4n) is 1.02. The highest BCUT2D eigenvalue weighted by Gasteiger charge is 1.96. The van der Waals surface area contributed by atoms with Crippen molar-refractivity contribution >= 4 is 5.82 Å². The standard InChI is InChI=1S/C10H16FN3O/c1-8(2)15-7-3-6-12-10-5-4-9(11)13-14-10/h4-5,8H,3,6-7H2,1-2H3,(H,12,14). The number of hydrogen-bond acceptors (Lipinski definition) is 4. The van der Waals surface area contributed by atoms with Crippen LogP contribution in [-0.4, -0.2) is 29.5 Å². The van der Waals surface area contributed by atoms with Gasteiger partial charge in [0.15, 0.2) is 0 Å². The topological polar surface area (TPSA) is 47.0 Å². The molecule has 0 fully saturated rings. The third kappa shape index (κ3) is 5.27. The van der Waals surface area contributed by atoms with E-state index in [1.165, 1.54) is 6.07 Å². The lowest BCUT2D eigenvalue weighted by molar-refractivity contribution is 0.0787. The van der Waals surface area contributed by atoms with E-state index in [-0.39, 0.29) is 6.10 Å². The first-order valence-electron chi connectivity index (χ1n) is 5.03. The molecule has 0 amide bonds. The summed E-state index contributed by atoms with van der Waals surface area (Å²) >= 11 is 0. The second-order valence-corrected chi connectivity index (χ2v) is 3.44. The maximum absolute atomic E-state index is 12.4. The Bertz CT molecular complexity index is 277. The zero-order valence-corrected chi connectivity index (χ0v) is 9.03. The monoisotopic (exact) mass is 213 g/mol. The van der Waals surface area contributed by atoms with Gasteiger partial charge in [0, 0.05) is 13.2 Å². The molecule has 0 aliphatic rings. The molecule has 0 radical (unpaired) electrons. The molecule has 84 valence electrons. The molecular formula is C10H16FN3O. The number of rotatable bonds is 6. The maximum Gasteiger partial charge on any atom is 0.233 e. The van der Waals surface area contributed by atoms with Crippen LogP contribution in [0.2, 0.25) is 0 Å². The first kappa shape index (κ1) is 11.8. The first-order chi connectivity index (χ1) is 7.18. The molecule has 1 heterocycles. The Morgan fingerprint density at radius 2 is 2.20 bits per heavy atom. The summed E-state index contributed by atoms with van der Waals surface area (Å²) in [7, 11) is 0. The molecule has 0 aliphatic heterocycles. The van der Waals surface area contributed by atoms with Gasteiger partial charge in [-0.2, -0.15) is 4.39 Å². The van der Waals surface area contributed by atoms with Gasteiger partial charge in [0.2, 0.25) is 5.95 Å². The van der Waals surface area contributed by atoms with Crippen LogP contribution in [0.25, 0.3) is 0 Å². The highest BCUT2D eigenvalue weighted by Crippen LogP contribution is 2.00. The quantitative estimate of drug-likeness (QED) is 0.732. The lowest BCUT2D eigenvalue weighted by Crippen LogP contribution is -2.10. The molecule has 1 aromatic heterocycles. The van der Waals surface area contributed by atoms with Gasteiger partial charge in [0.05, 0.1) is 6.10 Å². The van der Waals surface area contributed by atoms with Crippen LogP contribution >= 0.6 is 0 Å². The predicted molar refractivity (Wildman–Crippen MR) is 56.2 cm³/mol. The lowest BCUT2D eigenvalue weighted by atomic mass is 10.4. The Morgan fingerprint density at radius 1 is 1.40 bits per heavy atom. The Morgan fingerprint density at radius 3 is 2.80 bits per heavy atom. The lowest BCUT2D eigenvalue weighted by Gasteiger charge is -2.07. The number of aromatic nitrogens is 2. The summed E-state index contributed by atoms with van der Waals surface area (Å²) in [5.74, 6) is 0.0182. The normalized spacial score (nSPS) is 10.7. The molecule has 0 spiro atoms. The van der Waals surface area contributed by atoms with Crippen molar-refractivity contribution in [1.82, 2.24) is 10.2 Å². The molecular weight excluding hydrogens is 197 g/mol. The molecule has 0 atom stereocenters. The summed E-state index contributed by atoms with van der Waals surface area (Å²) in [6.07, 6.45) is 1.15. The van der Waals surface area contributed by atoms with E-state index >= 15 is 0 Å². The van der Waals surface area contributed by atoms with Crippen molar-refractivity contribution in [3.8, 4) is 0 Å². The van der Waals surface area contributed by atoms with Crippen LogP contribution in [0.15, 0.2) is 12.1 Å². The van der Waals surface area contributed by atoms with E-state index in [1.54, 1.807) is 6.07 Å². The molecule has 4 nitrogen and oxygen atoms in total. The molecule has 0 aliphatic carbocycles. The molecule has 0 bridgehead atoms. The van der Waals surface area contributed by atoms with E-state index in [9.17, 15) is 4.39 Å². The Labute approximate surface area is 88.9 Å². The number of hydrogen-bond donors (Lipinski definition) is 1. The first-order valence-corrected chi connectivity index (χ1v) is 5.03. The summed E-state index contributed by atoms with van der Waals surface area (Å²) in [6.45, 7) is 5.45.